The maximum absolute atomic E-state index is 12.6. The van der Waals surface area contributed by atoms with Gasteiger partial charge in [-0.05, 0) is 76.2 Å². The Hall–Kier alpha value is -4.05. The third kappa shape index (κ3) is 3.08. The number of hydrogen-bond acceptors (Lipinski definition) is 3. The number of phenolic OH excluding ortho intramolecular Hbond substituents is 1. The van der Waals surface area contributed by atoms with Crippen molar-refractivity contribution < 1.29 is 9.90 Å². The lowest BCUT2D eigenvalue weighted by molar-refractivity contribution is 0.102. The molecule has 1 aliphatic carbocycles. The monoisotopic (exact) mass is 392 g/mol. The van der Waals surface area contributed by atoms with Crippen molar-refractivity contribution in [3.8, 4) is 28.0 Å². The highest BCUT2D eigenvalue weighted by Gasteiger charge is 2.21. The van der Waals surface area contributed by atoms with Gasteiger partial charge < -0.3 is 16.2 Å². The van der Waals surface area contributed by atoms with E-state index in [1.54, 1.807) is 30.3 Å². The first kappa shape index (κ1) is 18.0. The van der Waals surface area contributed by atoms with Crippen molar-refractivity contribution in [3.05, 3.63) is 102 Å². The van der Waals surface area contributed by atoms with Gasteiger partial charge in [-0.25, -0.2) is 0 Å². The number of anilines is 2. The van der Waals surface area contributed by atoms with Crippen LogP contribution in [0.5, 0.6) is 5.75 Å². The van der Waals surface area contributed by atoms with Crippen molar-refractivity contribution in [2.75, 3.05) is 11.1 Å². The molecular formula is C26H20N2O2. The van der Waals surface area contributed by atoms with Crippen molar-refractivity contribution in [1.82, 2.24) is 0 Å². The molecule has 4 aromatic carbocycles. The minimum absolute atomic E-state index is 0.0263. The van der Waals surface area contributed by atoms with Crippen molar-refractivity contribution in [2.45, 2.75) is 6.42 Å². The van der Waals surface area contributed by atoms with Gasteiger partial charge in [-0.1, -0.05) is 48.5 Å². The Labute approximate surface area is 174 Å². The van der Waals surface area contributed by atoms with Crippen molar-refractivity contribution >= 4 is 17.3 Å². The Bertz CT molecular complexity index is 1280. The zero-order valence-electron chi connectivity index (χ0n) is 16.2. The summed E-state index contributed by atoms with van der Waals surface area (Å²) >= 11 is 0. The van der Waals surface area contributed by atoms with Crippen LogP contribution in [0.3, 0.4) is 0 Å². The summed E-state index contributed by atoms with van der Waals surface area (Å²) in [5.41, 5.74) is 14.3. The second-order valence-electron chi connectivity index (χ2n) is 7.47. The Morgan fingerprint density at radius 2 is 1.57 bits per heavy atom. The Morgan fingerprint density at radius 3 is 2.40 bits per heavy atom. The fourth-order valence-electron chi connectivity index (χ4n) is 4.06. The number of hydrogen-bond donors (Lipinski definition) is 3. The summed E-state index contributed by atoms with van der Waals surface area (Å²) < 4.78 is 0. The fraction of sp³-hybridized carbons (Fsp3) is 0.0385. The Balaban J connectivity index is 1.51. The number of fused-ring (bicyclic) bond motifs is 3. The van der Waals surface area contributed by atoms with Crippen LogP contribution in [0, 0.1) is 0 Å². The van der Waals surface area contributed by atoms with Crippen LogP contribution < -0.4 is 11.1 Å². The van der Waals surface area contributed by atoms with Crippen molar-refractivity contribution in [1.29, 1.82) is 0 Å². The normalized spacial score (nSPS) is 11.6. The summed E-state index contributed by atoms with van der Waals surface area (Å²) in [4.78, 5) is 12.6. The van der Waals surface area contributed by atoms with Crippen LogP contribution in [0.25, 0.3) is 22.3 Å². The van der Waals surface area contributed by atoms with Gasteiger partial charge in [-0.3, -0.25) is 4.79 Å². The van der Waals surface area contributed by atoms with Crippen LogP contribution in [-0.4, -0.2) is 11.0 Å². The van der Waals surface area contributed by atoms with Gasteiger partial charge in [0.15, 0.2) is 0 Å². The molecule has 0 fully saturated rings. The highest BCUT2D eigenvalue weighted by atomic mass is 16.3. The predicted molar refractivity (Wildman–Crippen MR) is 121 cm³/mol. The smallest absolute Gasteiger partial charge is 0.255 e. The quantitative estimate of drug-likeness (QED) is 0.282. The Kier molecular flexibility index (Phi) is 4.25. The number of amides is 1. The molecule has 4 aromatic rings. The molecule has 0 saturated carbocycles. The Morgan fingerprint density at radius 1 is 0.833 bits per heavy atom. The maximum atomic E-state index is 12.6. The molecule has 0 bridgehead atoms. The van der Waals surface area contributed by atoms with Gasteiger partial charge >= 0.3 is 0 Å². The lowest BCUT2D eigenvalue weighted by atomic mass is 9.95. The minimum atomic E-state index is -0.298. The van der Waals surface area contributed by atoms with E-state index in [1.807, 2.05) is 12.1 Å². The van der Waals surface area contributed by atoms with E-state index in [9.17, 15) is 9.90 Å². The molecule has 1 amide bonds. The molecule has 0 spiro atoms. The highest BCUT2D eigenvalue weighted by molar-refractivity contribution is 6.05. The summed E-state index contributed by atoms with van der Waals surface area (Å²) in [6, 6.07) is 26.7. The number of carbonyl (C=O) groups excluding carboxylic acids is 1. The molecule has 146 valence electrons. The average Bonchev–Trinajstić information content (AvgIpc) is 3.14. The van der Waals surface area contributed by atoms with E-state index in [0.717, 1.165) is 17.5 Å². The van der Waals surface area contributed by atoms with Gasteiger partial charge in [-0.15, -0.1) is 0 Å². The van der Waals surface area contributed by atoms with Gasteiger partial charge in [0.05, 0.1) is 5.69 Å². The first-order chi connectivity index (χ1) is 14.6. The van der Waals surface area contributed by atoms with Gasteiger partial charge in [0, 0.05) is 11.3 Å². The molecule has 0 heterocycles. The van der Waals surface area contributed by atoms with E-state index >= 15 is 0 Å². The van der Waals surface area contributed by atoms with E-state index in [-0.39, 0.29) is 11.7 Å². The average molecular weight is 392 g/mol. The number of carbonyl (C=O) groups is 1. The summed E-state index contributed by atoms with van der Waals surface area (Å²) in [6.07, 6.45) is 0.871. The highest BCUT2D eigenvalue weighted by Crippen LogP contribution is 2.42. The molecule has 1 aliphatic rings. The minimum Gasteiger partial charge on any atom is -0.506 e. The molecular weight excluding hydrogens is 372 g/mol. The summed E-state index contributed by atoms with van der Waals surface area (Å²) in [5.74, 6) is -0.272. The van der Waals surface area contributed by atoms with Crippen LogP contribution in [0.1, 0.15) is 21.5 Å². The van der Waals surface area contributed by atoms with E-state index in [0.29, 0.717) is 16.9 Å². The summed E-state index contributed by atoms with van der Waals surface area (Å²) in [6.45, 7) is 0. The fourth-order valence-corrected chi connectivity index (χ4v) is 4.06. The van der Waals surface area contributed by atoms with Crippen LogP contribution >= 0.6 is 0 Å². The van der Waals surface area contributed by atoms with E-state index < -0.39 is 0 Å². The largest absolute Gasteiger partial charge is 0.506 e. The molecule has 5 rings (SSSR count). The zero-order chi connectivity index (χ0) is 20.7. The number of nitrogens with one attached hydrogen (secondary N) is 1. The SMILES string of the molecule is Nc1ccc(C(=O)Nc2cc(-c3cccc4c3Cc3ccccc3-4)ccc2O)cc1. The van der Waals surface area contributed by atoms with E-state index in [4.69, 9.17) is 5.73 Å². The molecule has 30 heavy (non-hydrogen) atoms. The molecule has 0 aromatic heterocycles. The molecule has 0 saturated heterocycles. The standard InChI is InChI=1S/C26H20N2O2/c27-19-11-8-16(9-12-19)26(30)28-24-15-18(10-13-25(24)29)21-6-3-7-22-20-5-2-1-4-17(20)14-23(21)22/h1-13,15,29H,14,27H2,(H,28,30). The maximum Gasteiger partial charge on any atom is 0.255 e. The summed E-state index contributed by atoms with van der Waals surface area (Å²) in [7, 11) is 0. The zero-order valence-corrected chi connectivity index (χ0v) is 16.2. The van der Waals surface area contributed by atoms with Crippen LogP contribution in [0.4, 0.5) is 11.4 Å². The van der Waals surface area contributed by atoms with Gasteiger partial charge in [-0.2, -0.15) is 0 Å². The second-order valence-corrected chi connectivity index (χ2v) is 7.47. The number of benzene rings is 4. The first-order valence-corrected chi connectivity index (χ1v) is 9.80. The van der Waals surface area contributed by atoms with Crippen molar-refractivity contribution in [3.63, 3.8) is 0 Å². The van der Waals surface area contributed by atoms with Crippen LogP contribution in [0.2, 0.25) is 0 Å². The molecule has 0 unspecified atom stereocenters. The third-order valence-corrected chi connectivity index (χ3v) is 5.58. The predicted octanol–water partition coefficient (Wildman–Crippen LogP) is 5.46. The van der Waals surface area contributed by atoms with E-state index in [2.05, 4.69) is 47.8 Å². The molecule has 0 radical (unpaired) electrons. The van der Waals surface area contributed by atoms with Gasteiger partial charge in [0.2, 0.25) is 0 Å². The third-order valence-electron chi connectivity index (χ3n) is 5.58. The van der Waals surface area contributed by atoms with Gasteiger partial charge in [0.1, 0.15) is 5.75 Å². The first-order valence-electron chi connectivity index (χ1n) is 9.80. The molecule has 4 heteroatoms. The lowest BCUT2D eigenvalue weighted by Gasteiger charge is -2.13. The van der Waals surface area contributed by atoms with Crippen LogP contribution in [0.15, 0.2) is 84.9 Å². The topological polar surface area (TPSA) is 75.4 Å². The molecule has 4 nitrogen and oxygen atoms in total. The van der Waals surface area contributed by atoms with Crippen molar-refractivity contribution in [2.24, 2.45) is 0 Å². The number of aromatic hydroxyl groups is 1. The number of phenols is 1. The van der Waals surface area contributed by atoms with E-state index in [1.165, 1.54) is 22.3 Å². The number of nitrogens with two attached hydrogens (primary N) is 1. The van der Waals surface area contributed by atoms with Gasteiger partial charge in [0.25, 0.3) is 5.91 Å². The lowest BCUT2D eigenvalue weighted by Crippen LogP contribution is -2.12. The number of rotatable bonds is 3. The molecule has 0 aliphatic heterocycles. The second kappa shape index (κ2) is 7.08. The number of nitrogen functional groups attached to an aromatic ring is 1. The molecule has 4 N–H and O–H groups in total. The molecule has 0 atom stereocenters. The summed E-state index contributed by atoms with van der Waals surface area (Å²) in [5, 5.41) is 13.1. The van der Waals surface area contributed by atoms with Crippen LogP contribution in [-0.2, 0) is 6.42 Å².